The molecule has 1 amide bonds. The Kier molecular flexibility index (Phi) is 6.62. The summed E-state index contributed by atoms with van der Waals surface area (Å²) in [6, 6.07) is 14.3. The van der Waals surface area contributed by atoms with Gasteiger partial charge in [0.05, 0.1) is 7.11 Å². The van der Waals surface area contributed by atoms with Gasteiger partial charge in [0.1, 0.15) is 5.75 Å². The number of aromatic nitrogens is 1. The lowest BCUT2D eigenvalue weighted by Crippen LogP contribution is -2.35. The topological polar surface area (TPSA) is 57.4 Å². The Labute approximate surface area is 184 Å². The van der Waals surface area contributed by atoms with E-state index in [4.69, 9.17) is 4.74 Å². The Morgan fingerprint density at radius 2 is 2.06 bits per heavy atom. The Morgan fingerprint density at radius 1 is 1.23 bits per heavy atom. The first kappa shape index (κ1) is 21.4. The zero-order chi connectivity index (χ0) is 21.8. The second-order valence-electron chi connectivity index (χ2n) is 8.79. The van der Waals surface area contributed by atoms with Crippen LogP contribution in [0, 0.1) is 19.8 Å². The van der Waals surface area contributed by atoms with E-state index < -0.39 is 0 Å². The van der Waals surface area contributed by atoms with Gasteiger partial charge in [-0.3, -0.25) is 9.69 Å². The number of methoxy groups -OCH3 is 1. The van der Waals surface area contributed by atoms with Crippen molar-refractivity contribution in [1.29, 1.82) is 0 Å². The van der Waals surface area contributed by atoms with Gasteiger partial charge in [0.25, 0.3) is 0 Å². The fraction of sp³-hybridized carbons (Fsp3) is 0.423. The van der Waals surface area contributed by atoms with Crippen molar-refractivity contribution in [2.45, 2.75) is 46.1 Å². The lowest BCUT2D eigenvalue weighted by Gasteiger charge is -2.32. The van der Waals surface area contributed by atoms with Gasteiger partial charge in [0.2, 0.25) is 5.91 Å². The van der Waals surface area contributed by atoms with Crippen LogP contribution in [0.25, 0.3) is 10.9 Å². The molecule has 1 aromatic heterocycles. The van der Waals surface area contributed by atoms with Gasteiger partial charge >= 0.3 is 0 Å². The van der Waals surface area contributed by atoms with E-state index in [0.717, 1.165) is 43.1 Å². The second-order valence-corrected chi connectivity index (χ2v) is 8.79. The number of hydrogen-bond acceptors (Lipinski definition) is 3. The minimum Gasteiger partial charge on any atom is -0.497 e. The Bertz CT molecular complexity index is 1060. The highest BCUT2D eigenvalue weighted by Gasteiger charge is 2.22. The monoisotopic (exact) mass is 419 g/mol. The third-order valence-corrected chi connectivity index (χ3v) is 6.54. The molecule has 5 heteroatoms. The van der Waals surface area contributed by atoms with Gasteiger partial charge in [-0.15, -0.1) is 0 Å². The van der Waals surface area contributed by atoms with Crippen LogP contribution in [0.3, 0.4) is 0 Å². The molecule has 31 heavy (non-hydrogen) atoms. The maximum Gasteiger partial charge on any atom is 0.224 e. The van der Waals surface area contributed by atoms with Gasteiger partial charge in [-0.1, -0.05) is 18.2 Å². The van der Waals surface area contributed by atoms with Gasteiger partial charge < -0.3 is 15.0 Å². The number of aromatic amines is 1. The maximum atomic E-state index is 12.5. The minimum absolute atomic E-state index is 0.0943. The number of para-hydroxylation sites is 1. The molecule has 5 nitrogen and oxygen atoms in total. The summed E-state index contributed by atoms with van der Waals surface area (Å²) >= 11 is 0. The number of fused-ring (bicyclic) bond motifs is 1. The van der Waals surface area contributed by atoms with Gasteiger partial charge in [0, 0.05) is 41.8 Å². The number of nitrogens with zero attached hydrogens (tertiary/aromatic N) is 1. The summed E-state index contributed by atoms with van der Waals surface area (Å²) < 4.78 is 5.24. The lowest BCUT2D eigenvalue weighted by molar-refractivity contribution is -0.116. The van der Waals surface area contributed by atoms with E-state index in [1.54, 1.807) is 7.11 Å². The predicted octanol–water partition coefficient (Wildman–Crippen LogP) is 5.42. The molecule has 0 spiro atoms. The zero-order valence-electron chi connectivity index (χ0n) is 18.8. The zero-order valence-corrected chi connectivity index (χ0v) is 18.8. The van der Waals surface area contributed by atoms with Crippen LogP contribution in [0.2, 0.25) is 0 Å². The number of carbonyl (C=O) groups is 1. The molecule has 2 aromatic carbocycles. The molecule has 0 radical (unpaired) electrons. The number of hydrogen-bond donors (Lipinski definition) is 2. The number of ether oxygens (including phenoxy) is 1. The first-order valence-corrected chi connectivity index (χ1v) is 11.3. The minimum atomic E-state index is 0.0943. The summed E-state index contributed by atoms with van der Waals surface area (Å²) in [5.74, 6) is 1.47. The van der Waals surface area contributed by atoms with Crippen molar-refractivity contribution < 1.29 is 9.53 Å². The predicted molar refractivity (Wildman–Crippen MR) is 127 cm³/mol. The molecular weight excluding hydrogens is 386 g/mol. The fourth-order valence-corrected chi connectivity index (χ4v) is 4.70. The van der Waals surface area contributed by atoms with Gasteiger partial charge in [0.15, 0.2) is 0 Å². The summed E-state index contributed by atoms with van der Waals surface area (Å²) in [5.41, 5.74) is 5.77. The van der Waals surface area contributed by atoms with Crippen LogP contribution in [0.15, 0.2) is 42.5 Å². The summed E-state index contributed by atoms with van der Waals surface area (Å²) in [7, 11) is 1.65. The van der Waals surface area contributed by atoms with Crippen LogP contribution in [0.4, 0.5) is 5.69 Å². The van der Waals surface area contributed by atoms with Crippen LogP contribution in [0.1, 0.15) is 42.5 Å². The highest BCUT2D eigenvalue weighted by atomic mass is 16.5. The number of amides is 1. The van der Waals surface area contributed by atoms with Gasteiger partial charge in [-0.2, -0.15) is 0 Å². The summed E-state index contributed by atoms with van der Waals surface area (Å²) in [5, 5.41) is 4.38. The van der Waals surface area contributed by atoms with Crippen molar-refractivity contribution in [3.8, 4) is 5.75 Å². The molecular formula is C26H33N3O2. The number of rotatable bonds is 7. The third kappa shape index (κ3) is 5.10. The van der Waals surface area contributed by atoms with E-state index in [1.165, 1.54) is 35.0 Å². The molecule has 1 aliphatic rings. The van der Waals surface area contributed by atoms with Crippen molar-refractivity contribution in [1.82, 2.24) is 9.88 Å². The summed E-state index contributed by atoms with van der Waals surface area (Å²) in [6.07, 6.45) is 3.90. The molecule has 0 unspecified atom stereocenters. The van der Waals surface area contributed by atoms with Crippen LogP contribution in [-0.4, -0.2) is 36.0 Å². The van der Waals surface area contributed by atoms with Crippen LogP contribution < -0.4 is 10.1 Å². The molecule has 1 saturated heterocycles. The number of anilines is 1. The summed E-state index contributed by atoms with van der Waals surface area (Å²) in [4.78, 5) is 18.7. The molecule has 0 aliphatic carbocycles. The molecule has 2 N–H and O–H groups in total. The highest BCUT2D eigenvalue weighted by molar-refractivity contribution is 5.91. The van der Waals surface area contributed by atoms with Crippen molar-refractivity contribution in [2.75, 3.05) is 25.5 Å². The highest BCUT2D eigenvalue weighted by Crippen LogP contribution is 2.27. The van der Waals surface area contributed by atoms with Crippen molar-refractivity contribution >= 4 is 22.5 Å². The average Bonchev–Trinajstić information content (AvgIpc) is 3.09. The Balaban J connectivity index is 1.29. The van der Waals surface area contributed by atoms with E-state index >= 15 is 0 Å². The van der Waals surface area contributed by atoms with E-state index in [0.29, 0.717) is 12.3 Å². The number of piperidine rings is 1. The molecule has 1 atom stereocenters. The Morgan fingerprint density at radius 3 is 2.84 bits per heavy atom. The van der Waals surface area contributed by atoms with E-state index in [9.17, 15) is 4.79 Å². The van der Waals surface area contributed by atoms with Crippen LogP contribution >= 0.6 is 0 Å². The Hall–Kier alpha value is -2.79. The number of benzene rings is 2. The first-order chi connectivity index (χ1) is 15.0. The standard InChI is InChI=1S/C26H33N3O2/c1-18-15-21(31-3)11-12-23(18)28-26(30)13-10-20-7-6-14-29(16-20)17-25-19(2)22-8-4-5-9-24(22)27-25/h4-5,8-9,11-12,15,20,27H,6-7,10,13-14,16-17H2,1-3H3,(H,28,30)/t20-/m0/s1. The van der Waals surface area contributed by atoms with Gasteiger partial charge in [-0.25, -0.2) is 0 Å². The SMILES string of the molecule is COc1ccc(NC(=O)CC[C@@H]2CCCN(Cc3[nH]c4ccccc4c3C)C2)c(C)c1. The fourth-order valence-electron chi connectivity index (χ4n) is 4.70. The van der Waals surface area contributed by atoms with Crippen LogP contribution in [-0.2, 0) is 11.3 Å². The molecule has 1 aliphatic heterocycles. The number of H-pyrrole nitrogens is 1. The molecule has 2 heterocycles. The van der Waals surface area contributed by atoms with Gasteiger partial charge in [-0.05, 0) is 81.0 Å². The van der Waals surface area contributed by atoms with E-state index in [2.05, 4.69) is 46.4 Å². The molecule has 0 saturated carbocycles. The molecule has 0 bridgehead atoms. The van der Waals surface area contributed by atoms with Crippen LogP contribution in [0.5, 0.6) is 5.75 Å². The normalized spacial score (nSPS) is 17.1. The number of likely N-dealkylation sites (tertiary alicyclic amines) is 1. The quantitative estimate of drug-likeness (QED) is 0.537. The third-order valence-electron chi connectivity index (χ3n) is 6.54. The van der Waals surface area contributed by atoms with Crippen molar-refractivity contribution in [3.63, 3.8) is 0 Å². The second kappa shape index (κ2) is 9.56. The summed E-state index contributed by atoms with van der Waals surface area (Å²) in [6.45, 7) is 7.34. The molecule has 3 aromatic rings. The van der Waals surface area contributed by atoms with Crippen molar-refractivity contribution in [2.24, 2.45) is 5.92 Å². The number of aryl methyl sites for hydroxylation is 2. The molecule has 1 fully saturated rings. The van der Waals surface area contributed by atoms with E-state index in [1.807, 2.05) is 25.1 Å². The van der Waals surface area contributed by atoms with E-state index in [-0.39, 0.29) is 5.91 Å². The average molecular weight is 420 g/mol. The largest absolute Gasteiger partial charge is 0.497 e. The molecule has 4 rings (SSSR count). The lowest BCUT2D eigenvalue weighted by atomic mass is 9.93. The molecule has 164 valence electrons. The maximum absolute atomic E-state index is 12.5. The smallest absolute Gasteiger partial charge is 0.224 e. The number of carbonyl (C=O) groups excluding carboxylic acids is 1. The van der Waals surface area contributed by atoms with Crippen molar-refractivity contribution in [3.05, 3.63) is 59.3 Å². The first-order valence-electron chi connectivity index (χ1n) is 11.3. The number of nitrogens with one attached hydrogen (secondary N) is 2.